The van der Waals surface area contributed by atoms with Crippen molar-refractivity contribution in [1.82, 2.24) is 5.32 Å². The number of halogens is 4. The Labute approximate surface area is 202 Å². The molecular formula is C23H26ClF3N2O4S. The van der Waals surface area contributed by atoms with Crippen molar-refractivity contribution in [3.63, 3.8) is 0 Å². The summed E-state index contributed by atoms with van der Waals surface area (Å²) >= 11 is 5.69. The molecule has 1 amide bonds. The van der Waals surface area contributed by atoms with Crippen LogP contribution in [0.5, 0.6) is 0 Å². The summed E-state index contributed by atoms with van der Waals surface area (Å²) in [6.45, 7) is 0.0158. The molecule has 0 saturated heterocycles. The molecule has 0 unspecified atom stereocenters. The monoisotopic (exact) mass is 518 g/mol. The van der Waals surface area contributed by atoms with E-state index in [1.807, 2.05) is 0 Å². The van der Waals surface area contributed by atoms with Gasteiger partial charge in [-0.05, 0) is 49.6 Å². The number of benzene rings is 2. The lowest BCUT2D eigenvalue weighted by Crippen LogP contribution is -2.41. The van der Waals surface area contributed by atoms with Crippen LogP contribution in [-0.4, -0.2) is 40.1 Å². The molecule has 186 valence electrons. The number of rotatable bonds is 10. The molecule has 1 aliphatic rings. The molecule has 0 aromatic heterocycles. The summed E-state index contributed by atoms with van der Waals surface area (Å²) in [5, 5.41) is 2.05. The number of nitrogens with one attached hydrogen (secondary N) is 1. The van der Waals surface area contributed by atoms with Gasteiger partial charge in [0.2, 0.25) is 5.91 Å². The van der Waals surface area contributed by atoms with Crippen molar-refractivity contribution in [2.75, 3.05) is 24.0 Å². The number of sulfonamides is 1. The fourth-order valence-corrected chi connectivity index (χ4v) is 5.37. The molecule has 1 aliphatic carbocycles. The van der Waals surface area contributed by atoms with Gasteiger partial charge in [-0.3, -0.25) is 9.10 Å². The van der Waals surface area contributed by atoms with E-state index in [1.165, 1.54) is 24.3 Å². The van der Waals surface area contributed by atoms with Gasteiger partial charge in [-0.15, -0.1) is 0 Å². The van der Waals surface area contributed by atoms with Crippen LogP contribution in [0, 0.1) is 0 Å². The Morgan fingerprint density at radius 3 is 2.44 bits per heavy atom. The standard InChI is InChI=1S/C23H26ClF3N2O4S/c24-21-12-11-17(15-20(21)23(25,26)27)29(34(31,32)19-9-2-1-3-10-19)16-22(30)28-13-6-14-33-18-7-4-5-8-18/h1-3,9-12,15,18H,4-8,13-14,16H2,(H,28,30). The van der Waals surface area contributed by atoms with Gasteiger partial charge in [0.15, 0.2) is 0 Å². The second-order valence-electron chi connectivity index (χ2n) is 7.97. The number of alkyl halides is 3. The highest BCUT2D eigenvalue weighted by Crippen LogP contribution is 2.38. The van der Waals surface area contributed by atoms with Crippen LogP contribution in [-0.2, 0) is 25.7 Å². The highest BCUT2D eigenvalue weighted by Gasteiger charge is 2.35. The molecule has 0 radical (unpaired) electrons. The van der Waals surface area contributed by atoms with E-state index in [0.29, 0.717) is 23.4 Å². The summed E-state index contributed by atoms with van der Waals surface area (Å²) in [6.07, 6.45) is 0.333. The number of carbonyl (C=O) groups is 1. The quantitative estimate of drug-likeness (QED) is 0.448. The van der Waals surface area contributed by atoms with E-state index in [1.54, 1.807) is 6.07 Å². The minimum atomic E-state index is -4.79. The SMILES string of the molecule is O=C(CN(c1ccc(Cl)c(C(F)(F)F)c1)S(=O)(=O)c1ccccc1)NCCCOC1CCCC1. The lowest BCUT2D eigenvalue weighted by atomic mass is 10.2. The van der Waals surface area contributed by atoms with Crippen molar-refractivity contribution in [1.29, 1.82) is 0 Å². The number of anilines is 1. The summed E-state index contributed by atoms with van der Waals surface area (Å²) in [7, 11) is -4.33. The fourth-order valence-electron chi connectivity index (χ4n) is 3.71. The third-order valence-corrected chi connectivity index (χ3v) is 7.58. The third-order valence-electron chi connectivity index (χ3n) is 5.46. The molecule has 1 fully saturated rings. The largest absolute Gasteiger partial charge is 0.417 e. The van der Waals surface area contributed by atoms with E-state index < -0.39 is 39.2 Å². The second kappa shape index (κ2) is 11.4. The summed E-state index contributed by atoms with van der Waals surface area (Å²) in [6, 6.07) is 9.92. The number of ether oxygens (including phenoxy) is 1. The third kappa shape index (κ3) is 6.86. The van der Waals surface area contributed by atoms with Gasteiger partial charge in [0.25, 0.3) is 10.0 Å². The Hall–Kier alpha value is -2.30. The predicted molar refractivity (Wildman–Crippen MR) is 123 cm³/mol. The number of nitrogens with zero attached hydrogens (tertiary/aromatic N) is 1. The van der Waals surface area contributed by atoms with Crippen LogP contribution in [0.3, 0.4) is 0 Å². The van der Waals surface area contributed by atoms with Crippen molar-refractivity contribution >= 4 is 33.2 Å². The van der Waals surface area contributed by atoms with Gasteiger partial charge in [-0.25, -0.2) is 8.42 Å². The van der Waals surface area contributed by atoms with Gasteiger partial charge in [-0.2, -0.15) is 13.2 Å². The summed E-state index contributed by atoms with van der Waals surface area (Å²) < 4.78 is 73.0. The van der Waals surface area contributed by atoms with E-state index >= 15 is 0 Å². The maximum absolute atomic E-state index is 13.4. The molecule has 2 aromatic rings. The first-order chi connectivity index (χ1) is 16.1. The first-order valence-corrected chi connectivity index (χ1v) is 12.7. The van der Waals surface area contributed by atoms with Gasteiger partial charge < -0.3 is 10.1 Å². The average molecular weight is 519 g/mol. The zero-order chi connectivity index (χ0) is 24.8. The first-order valence-electron chi connectivity index (χ1n) is 10.9. The van der Waals surface area contributed by atoms with Gasteiger partial charge in [-0.1, -0.05) is 42.6 Å². The fraction of sp³-hybridized carbons (Fsp3) is 0.435. The van der Waals surface area contributed by atoms with Crippen molar-refractivity contribution in [3.8, 4) is 0 Å². The number of amides is 1. The van der Waals surface area contributed by atoms with Crippen molar-refractivity contribution in [3.05, 3.63) is 59.1 Å². The number of hydrogen-bond donors (Lipinski definition) is 1. The molecule has 0 atom stereocenters. The van der Waals surface area contributed by atoms with Gasteiger partial charge >= 0.3 is 6.18 Å². The average Bonchev–Trinajstić information content (AvgIpc) is 3.31. The normalized spacial score (nSPS) is 14.8. The Morgan fingerprint density at radius 2 is 1.79 bits per heavy atom. The van der Waals surface area contributed by atoms with E-state index in [9.17, 15) is 26.4 Å². The molecular weight excluding hydrogens is 493 g/mol. The van der Waals surface area contributed by atoms with E-state index in [-0.39, 0.29) is 23.2 Å². The Morgan fingerprint density at radius 1 is 1.12 bits per heavy atom. The maximum atomic E-state index is 13.4. The van der Waals surface area contributed by atoms with Crippen LogP contribution < -0.4 is 9.62 Å². The van der Waals surface area contributed by atoms with Gasteiger partial charge in [0.1, 0.15) is 6.54 Å². The molecule has 1 N–H and O–H groups in total. The van der Waals surface area contributed by atoms with E-state index in [0.717, 1.165) is 37.8 Å². The minimum Gasteiger partial charge on any atom is -0.378 e. The van der Waals surface area contributed by atoms with Crippen LogP contribution >= 0.6 is 11.6 Å². The van der Waals surface area contributed by atoms with Gasteiger partial charge in [0.05, 0.1) is 27.3 Å². The summed E-state index contributed by atoms with van der Waals surface area (Å²) in [5.41, 5.74) is -1.51. The summed E-state index contributed by atoms with van der Waals surface area (Å²) in [4.78, 5) is 12.4. The summed E-state index contributed by atoms with van der Waals surface area (Å²) in [5.74, 6) is -0.649. The minimum absolute atomic E-state index is 0.156. The Balaban J connectivity index is 1.75. The predicted octanol–water partition coefficient (Wildman–Crippen LogP) is 5.02. The smallest absolute Gasteiger partial charge is 0.378 e. The lowest BCUT2D eigenvalue weighted by molar-refractivity contribution is -0.137. The second-order valence-corrected chi connectivity index (χ2v) is 10.2. The van der Waals surface area contributed by atoms with Crippen LogP contribution in [0.2, 0.25) is 5.02 Å². The molecule has 11 heteroatoms. The molecule has 0 bridgehead atoms. The molecule has 0 heterocycles. The van der Waals surface area contributed by atoms with Gasteiger partial charge in [0, 0.05) is 13.2 Å². The Kier molecular flexibility index (Phi) is 8.83. The van der Waals surface area contributed by atoms with Crippen LogP contribution in [0.15, 0.2) is 53.4 Å². The zero-order valence-corrected chi connectivity index (χ0v) is 19.9. The first kappa shape index (κ1) is 26.3. The molecule has 1 saturated carbocycles. The van der Waals surface area contributed by atoms with Crippen LogP contribution in [0.1, 0.15) is 37.7 Å². The molecule has 2 aromatic carbocycles. The van der Waals surface area contributed by atoms with E-state index in [2.05, 4.69) is 5.32 Å². The zero-order valence-electron chi connectivity index (χ0n) is 18.4. The Bertz CT molecular complexity index is 1080. The van der Waals surface area contributed by atoms with Crippen molar-refractivity contribution in [2.45, 2.75) is 49.3 Å². The molecule has 6 nitrogen and oxygen atoms in total. The topological polar surface area (TPSA) is 75.7 Å². The van der Waals surface area contributed by atoms with Crippen LogP contribution in [0.25, 0.3) is 0 Å². The highest BCUT2D eigenvalue weighted by atomic mass is 35.5. The molecule has 34 heavy (non-hydrogen) atoms. The molecule has 3 rings (SSSR count). The van der Waals surface area contributed by atoms with E-state index in [4.69, 9.17) is 16.3 Å². The van der Waals surface area contributed by atoms with Crippen molar-refractivity contribution in [2.24, 2.45) is 0 Å². The van der Waals surface area contributed by atoms with Crippen LogP contribution in [0.4, 0.5) is 18.9 Å². The number of hydrogen-bond acceptors (Lipinski definition) is 4. The highest BCUT2D eigenvalue weighted by molar-refractivity contribution is 7.92. The molecule has 0 spiro atoms. The van der Waals surface area contributed by atoms with Crippen molar-refractivity contribution < 1.29 is 31.1 Å². The lowest BCUT2D eigenvalue weighted by Gasteiger charge is -2.25. The molecule has 0 aliphatic heterocycles. The number of carbonyl (C=O) groups excluding carboxylic acids is 1. The maximum Gasteiger partial charge on any atom is 0.417 e.